The average molecular weight is 358 g/mol. The van der Waals surface area contributed by atoms with E-state index in [9.17, 15) is 0 Å². The van der Waals surface area contributed by atoms with E-state index in [0.29, 0.717) is 7.92 Å². The van der Waals surface area contributed by atoms with Gasteiger partial charge in [0.05, 0.1) is 0 Å². The van der Waals surface area contributed by atoms with Crippen LogP contribution in [0.3, 0.4) is 0 Å². The van der Waals surface area contributed by atoms with Crippen molar-refractivity contribution in [3.63, 3.8) is 0 Å². The van der Waals surface area contributed by atoms with Gasteiger partial charge in [-0.15, -0.1) is 8.93 Å². The summed E-state index contributed by atoms with van der Waals surface area (Å²) < 4.78 is 0. The molecule has 0 aromatic carbocycles. The Labute approximate surface area is 144 Å². The maximum absolute atomic E-state index is 3.10. The van der Waals surface area contributed by atoms with E-state index in [1.54, 1.807) is 57.8 Å². The van der Waals surface area contributed by atoms with E-state index in [4.69, 9.17) is 0 Å². The minimum absolute atomic E-state index is 0.294. The summed E-state index contributed by atoms with van der Waals surface area (Å²) in [7, 11) is 4.51. The molecule has 0 nitrogen and oxygen atoms in total. The van der Waals surface area contributed by atoms with Crippen LogP contribution in [-0.2, 0) is 0 Å². The van der Waals surface area contributed by atoms with Crippen LogP contribution in [0.5, 0.6) is 0 Å². The highest BCUT2D eigenvalue weighted by Gasteiger charge is 2.40. The van der Waals surface area contributed by atoms with Gasteiger partial charge in [-0.25, -0.2) is 0 Å². The van der Waals surface area contributed by atoms with Crippen molar-refractivity contribution in [2.45, 2.75) is 113 Å². The second kappa shape index (κ2) is 9.12. The predicted octanol–water partition coefficient (Wildman–Crippen LogP) is 7.16. The molecule has 5 atom stereocenters. The standard InChI is InChI=1S/C19H37P3/c1-15(18-13-8-14-19(18)21-20)22(16-9-4-2-5-10-16)17-11-6-3-7-12-17/h15-19,21H,2-14,20H2,1H3/t15-,18?,19?/m0/s1. The molecular weight excluding hydrogens is 321 g/mol. The highest BCUT2D eigenvalue weighted by molar-refractivity contribution is 8.03. The van der Waals surface area contributed by atoms with E-state index < -0.39 is 0 Å². The first kappa shape index (κ1) is 18.1. The summed E-state index contributed by atoms with van der Waals surface area (Å²) in [6.07, 6.45) is 20.2. The van der Waals surface area contributed by atoms with Crippen LogP contribution in [-0.4, -0.2) is 22.6 Å². The smallest absolute Gasteiger partial charge is 0.0168 e. The Morgan fingerprint density at radius 2 is 1.32 bits per heavy atom. The lowest BCUT2D eigenvalue weighted by Gasteiger charge is -2.45. The monoisotopic (exact) mass is 358 g/mol. The van der Waals surface area contributed by atoms with Gasteiger partial charge in [0.1, 0.15) is 0 Å². The van der Waals surface area contributed by atoms with Gasteiger partial charge in [-0.3, -0.25) is 0 Å². The fraction of sp³-hybridized carbons (Fsp3) is 1.00. The van der Waals surface area contributed by atoms with Crippen molar-refractivity contribution in [3.8, 4) is 0 Å². The molecular formula is C19H37P3. The van der Waals surface area contributed by atoms with Crippen molar-refractivity contribution in [2.24, 2.45) is 5.92 Å². The first-order valence-corrected chi connectivity index (χ1v) is 14.5. The largest absolute Gasteiger partial charge is 0.114 e. The molecule has 3 saturated carbocycles. The van der Waals surface area contributed by atoms with Gasteiger partial charge in [0, 0.05) is 0 Å². The molecule has 3 fully saturated rings. The Hall–Kier alpha value is 1.29. The molecule has 3 rings (SSSR count). The third kappa shape index (κ3) is 4.27. The van der Waals surface area contributed by atoms with Crippen LogP contribution in [0, 0.1) is 5.92 Å². The molecule has 3 heteroatoms. The number of hydrogen-bond donors (Lipinski definition) is 0. The van der Waals surface area contributed by atoms with E-state index in [-0.39, 0.29) is 0 Å². The fourth-order valence-corrected chi connectivity index (χ4v) is 12.8. The molecule has 0 radical (unpaired) electrons. The van der Waals surface area contributed by atoms with Crippen molar-refractivity contribution >= 4 is 25.1 Å². The zero-order valence-electron chi connectivity index (χ0n) is 14.6. The predicted molar refractivity (Wildman–Crippen MR) is 109 cm³/mol. The Bertz CT molecular complexity index is 303. The molecule has 0 aromatic rings. The second-order valence-electron chi connectivity index (χ2n) is 8.14. The van der Waals surface area contributed by atoms with E-state index in [1.807, 2.05) is 0 Å². The topological polar surface area (TPSA) is 0 Å². The lowest BCUT2D eigenvalue weighted by atomic mass is 9.99. The molecule has 0 saturated heterocycles. The van der Waals surface area contributed by atoms with Gasteiger partial charge in [0.15, 0.2) is 0 Å². The molecule has 0 amide bonds. The van der Waals surface area contributed by atoms with Crippen LogP contribution in [0.2, 0.25) is 0 Å². The van der Waals surface area contributed by atoms with Gasteiger partial charge in [0.25, 0.3) is 0 Å². The maximum Gasteiger partial charge on any atom is -0.0168 e. The van der Waals surface area contributed by atoms with Crippen molar-refractivity contribution < 1.29 is 0 Å². The molecule has 3 aliphatic rings. The summed E-state index contributed by atoms with van der Waals surface area (Å²) in [4.78, 5) is 0. The SMILES string of the molecule is C[C@@H](C1CCCC1PP)P(C1CCCCC1)C1CCCCC1. The molecule has 0 heterocycles. The van der Waals surface area contributed by atoms with Crippen LogP contribution in [0.1, 0.15) is 90.4 Å². The highest BCUT2D eigenvalue weighted by atomic mass is 32.0. The van der Waals surface area contributed by atoms with Crippen LogP contribution >= 0.6 is 25.1 Å². The zero-order chi connectivity index (χ0) is 15.4. The van der Waals surface area contributed by atoms with Gasteiger partial charge in [-0.2, -0.15) is 0 Å². The average Bonchev–Trinajstić information content (AvgIpc) is 3.06. The summed E-state index contributed by atoms with van der Waals surface area (Å²) in [5.74, 6) is 1.09. The summed E-state index contributed by atoms with van der Waals surface area (Å²) in [6.45, 7) is 2.71. The van der Waals surface area contributed by atoms with Gasteiger partial charge < -0.3 is 0 Å². The molecule has 3 aliphatic carbocycles. The maximum atomic E-state index is 3.10. The van der Waals surface area contributed by atoms with Crippen LogP contribution in [0.15, 0.2) is 0 Å². The minimum Gasteiger partial charge on any atom is -0.114 e. The van der Waals surface area contributed by atoms with Gasteiger partial charge in [-0.1, -0.05) is 68.1 Å². The van der Waals surface area contributed by atoms with Crippen molar-refractivity contribution in [3.05, 3.63) is 0 Å². The third-order valence-corrected chi connectivity index (χ3v) is 13.3. The second-order valence-corrected chi connectivity index (χ2v) is 13.4. The van der Waals surface area contributed by atoms with E-state index in [0.717, 1.165) is 36.8 Å². The highest BCUT2D eigenvalue weighted by Crippen LogP contribution is 2.63. The molecule has 0 spiro atoms. The third-order valence-electron chi connectivity index (χ3n) is 6.87. The molecule has 22 heavy (non-hydrogen) atoms. The minimum atomic E-state index is 0.294. The van der Waals surface area contributed by atoms with E-state index in [2.05, 4.69) is 15.9 Å². The van der Waals surface area contributed by atoms with Gasteiger partial charge >= 0.3 is 0 Å². The Balaban J connectivity index is 1.73. The molecule has 0 bridgehead atoms. The van der Waals surface area contributed by atoms with Crippen molar-refractivity contribution in [2.75, 3.05) is 0 Å². The molecule has 0 aliphatic heterocycles. The summed E-state index contributed by atoms with van der Waals surface area (Å²) >= 11 is 0. The quantitative estimate of drug-likeness (QED) is 0.457. The summed E-state index contributed by atoms with van der Waals surface area (Å²) in [5.41, 5.74) is 4.44. The first-order valence-electron chi connectivity index (χ1n) is 10.0. The molecule has 4 unspecified atom stereocenters. The molecule has 128 valence electrons. The zero-order valence-corrected chi connectivity index (χ0v) is 17.7. The lowest BCUT2D eigenvalue weighted by Crippen LogP contribution is -2.31. The number of rotatable bonds is 5. The molecule has 0 aromatic heterocycles. The van der Waals surface area contributed by atoms with Crippen molar-refractivity contribution in [1.29, 1.82) is 0 Å². The Kier molecular flexibility index (Phi) is 7.50. The summed E-state index contributed by atoms with van der Waals surface area (Å²) in [6, 6.07) is 0. The normalized spacial score (nSPS) is 34.0. The Morgan fingerprint density at radius 3 is 1.82 bits per heavy atom. The number of hydrogen-bond acceptors (Lipinski definition) is 0. The summed E-state index contributed by atoms with van der Waals surface area (Å²) in [5, 5.41) is 0. The van der Waals surface area contributed by atoms with E-state index >= 15 is 0 Å². The lowest BCUT2D eigenvalue weighted by molar-refractivity contribution is 0.467. The van der Waals surface area contributed by atoms with Crippen LogP contribution in [0.4, 0.5) is 0 Å². The van der Waals surface area contributed by atoms with Gasteiger partial charge in [0.2, 0.25) is 0 Å². The first-order chi connectivity index (χ1) is 10.8. The van der Waals surface area contributed by atoms with Crippen LogP contribution in [0.25, 0.3) is 0 Å². The fourth-order valence-electron chi connectivity index (χ4n) is 5.72. The Morgan fingerprint density at radius 1 is 0.773 bits per heavy atom. The van der Waals surface area contributed by atoms with E-state index in [1.165, 1.54) is 25.7 Å². The molecule has 0 N–H and O–H groups in total. The van der Waals surface area contributed by atoms with Crippen LogP contribution < -0.4 is 0 Å². The van der Waals surface area contributed by atoms with Gasteiger partial charge in [-0.05, 0) is 67.1 Å². The van der Waals surface area contributed by atoms with Crippen molar-refractivity contribution in [1.82, 2.24) is 0 Å².